The Balaban J connectivity index is 1.55. The van der Waals surface area contributed by atoms with E-state index in [2.05, 4.69) is 35.3 Å². The molecule has 26 heavy (non-hydrogen) atoms. The summed E-state index contributed by atoms with van der Waals surface area (Å²) in [7, 11) is 0. The van der Waals surface area contributed by atoms with Crippen molar-refractivity contribution < 1.29 is 4.79 Å². The van der Waals surface area contributed by atoms with Gasteiger partial charge in [0.05, 0.1) is 24.7 Å². The molecule has 2 aromatic rings. The summed E-state index contributed by atoms with van der Waals surface area (Å²) in [5.41, 5.74) is 3.68. The molecular weight excluding hydrogens is 322 g/mol. The highest BCUT2D eigenvalue weighted by Crippen LogP contribution is 2.60. The molecule has 4 nitrogen and oxygen atoms in total. The van der Waals surface area contributed by atoms with Crippen molar-refractivity contribution in [1.29, 1.82) is 5.26 Å². The van der Waals surface area contributed by atoms with Crippen molar-refractivity contribution in [1.82, 2.24) is 9.88 Å². The Kier molecular flexibility index (Phi) is 4.46. The van der Waals surface area contributed by atoms with Crippen molar-refractivity contribution in [3.63, 3.8) is 0 Å². The highest BCUT2D eigenvalue weighted by atomic mass is 16.2. The third kappa shape index (κ3) is 2.99. The first-order valence-electron chi connectivity index (χ1n) is 9.38. The molecule has 2 aliphatic rings. The highest BCUT2D eigenvalue weighted by molar-refractivity contribution is 5.84. The van der Waals surface area contributed by atoms with Gasteiger partial charge >= 0.3 is 0 Å². The molecule has 1 saturated carbocycles. The van der Waals surface area contributed by atoms with Crippen LogP contribution >= 0.6 is 0 Å². The third-order valence-electron chi connectivity index (χ3n) is 5.88. The van der Waals surface area contributed by atoms with Gasteiger partial charge in [0.2, 0.25) is 5.91 Å². The van der Waals surface area contributed by atoms with Crippen LogP contribution in [0, 0.1) is 17.2 Å². The van der Waals surface area contributed by atoms with Crippen molar-refractivity contribution in [2.24, 2.45) is 5.92 Å². The van der Waals surface area contributed by atoms with Gasteiger partial charge in [-0.15, -0.1) is 0 Å². The number of rotatable bonds is 5. The molecule has 2 aliphatic carbocycles. The van der Waals surface area contributed by atoms with E-state index in [0.29, 0.717) is 19.5 Å². The predicted octanol–water partition coefficient (Wildman–Crippen LogP) is 3.62. The molecule has 1 aromatic carbocycles. The van der Waals surface area contributed by atoms with Gasteiger partial charge in [0, 0.05) is 24.1 Å². The Morgan fingerprint density at radius 1 is 1.27 bits per heavy atom. The van der Waals surface area contributed by atoms with Crippen molar-refractivity contribution in [2.45, 2.75) is 44.1 Å². The van der Waals surface area contributed by atoms with Crippen LogP contribution in [0.4, 0.5) is 0 Å². The van der Waals surface area contributed by atoms with Crippen LogP contribution in [0.1, 0.15) is 42.5 Å². The standard InChI is InChI=1S/C22H23N3O/c23-12-6-14-25(16-18-9-3-4-13-24-18)21(26)20-15-22(20)11-5-8-17-7-1-2-10-19(17)22/h1-4,7,9-10,13,20H,5-6,8,11,14-16H2. The van der Waals surface area contributed by atoms with Crippen molar-refractivity contribution in [3.05, 3.63) is 65.5 Å². The normalized spacial score (nSPS) is 23.1. The quantitative estimate of drug-likeness (QED) is 0.832. The van der Waals surface area contributed by atoms with Crippen LogP contribution in [-0.4, -0.2) is 22.3 Å². The zero-order valence-corrected chi connectivity index (χ0v) is 14.9. The predicted molar refractivity (Wildman–Crippen MR) is 99.0 cm³/mol. The van der Waals surface area contributed by atoms with Gasteiger partial charge in [-0.2, -0.15) is 5.26 Å². The average Bonchev–Trinajstić information content (AvgIpc) is 3.40. The number of hydrogen-bond acceptors (Lipinski definition) is 3. The van der Waals surface area contributed by atoms with Gasteiger partial charge < -0.3 is 4.90 Å². The first-order valence-corrected chi connectivity index (χ1v) is 9.38. The van der Waals surface area contributed by atoms with Gasteiger partial charge in [-0.1, -0.05) is 30.3 Å². The molecule has 1 spiro atoms. The number of benzene rings is 1. The Hall–Kier alpha value is -2.67. The van der Waals surface area contributed by atoms with Gasteiger partial charge in [-0.3, -0.25) is 9.78 Å². The number of amides is 1. The smallest absolute Gasteiger partial charge is 0.227 e. The van der Waals surface area contributed by atoms with Crippen molar-refractivity contribution >= 4 is 5.91 Å². The Bertz CT molecular complexity index is 842. The van der Waals surface area contributed by atoms with E-state index < -0.39 is 0 Å². The second kappa shape index (κ2) is 6.92. The van der Waals surface area contributed by atoms with Gasteiger partial charge in [0.1, 0.15) is 0 Å². The summed E-state index contributed by atoms with van der Waals surface area (Å²) in [5.74, 6) is 0.231. The second-order valence-corrected chi connectivity index (χ2v) is 7.41. The van der Waals surface area contributed by atoms with Gasteiger partial charge in [0.15, 0.2) is 0 Å². The molecule has 0 saturated heterocycles. The number of carbonyl (C=O) groups excluding carboxylic acids is 1. The minimum absolute atomic E-state index is 0.0287. The molecule has 0 aliphatic heterocycles. The topological polar surface area (TPSA) is 57.0 Å². The van der Waals surface area contributed by atoms with Crippen LogP contribution < -0.4 is 0 Å². The molecule has 2 atom stereocenters. The summed E-state index contributed by atoms with van der Waals surface area (Å²) < 4.78 is 0. The summed E-state index contributed by atoms with van der Waals surface area (Å²) in [6, 6.07) is 16.5. The lowest BCUT2D eigenvalue weighted by Crippen LogP contribution is -2.35. The highest BCUT2D eigenvalue weighted by Gasteiger charge is 2.60. The van der Waals surface area contributed by atoms with E-state index >= 15 is 0 Å². The number of pyridine rings is 1. The Morgan fingerprint density at radius 3 is 2.92 bits per heavy atom. The minimum atomic E-state index is 0.0287. The molecule has 4 rings (SSSR count). The second-order valence-electron chi connectivity index (χ2n) is 7.41. The fourth-order valence-corrected chi connectivity index (χ4v) is 4.52. The van der Waals surface area contributed by atoms with Crippen LogP contribution in [0.5, 0.6) is 0 Å². The van der Waals surface area contributed by atoms with E-state index in [1.165, 1.54) is 11.1 Å². The maximum absolute atomic E-state index is 13.3. The zero-order chi connectivity index (χ0) is 18.0. The van der Waals surface area contributed by atoms with E-state index in [4.69, 9.17) is 5.26 Å². The van der Waals surface area contributed by atoms with Gasteiger partial charge in [-0.25, -0.2) is 0 Å². The fraction of sp³-hybridized carbons (Fsp3) is 0.409. The first kappa shape index (κ1) is 16.8. The largest absolute Gasteiger partial charge is 0.335 e. The molecule has 0 radical (unpaired) electrons. The number of aromatic nitrogens is 1. The molecule has 1 heterocycles. The van der Waals surface area contributed by atoms with E-state index in [9.17, 15) is 4.79 Å². The molecule has 1 fully saturated rings. The lowest BCUT2D eigenvalue weighted by Gasteiger charge is -2.28. The number of aryl methyl sites for hydroxylation is 1. The number of nitriles is 1. The van der Waals surface area contributed by atoms with Crippen LogP contribution in [0.15, 0.2) is 48.7 Å². The van der Waals surface area contributed by atoms with E-state index in [0.717, 1.165) is 31.4 Å². The average molecular weight is 345 g/mol. The number of fused-ring (bicyclic) bond motifs is 2. The molecule has 0 N–H and O–H groups in total. The SMILES string of the molecule is N#CCCN(Cc1ccccn1)C(=O)C1CC12CCCc1ccccc12. The molecular formula is C22H23N3O. The minimum Gasteiger partial charge on any atom is -0.335 e. The maximum atomic E-state index is 13.3. The van der Waals surface area contributed by atoms with Crippen LogP contribution in [0.3, 0.4) is 0 Å². The third-order valence-corrected chi connectivity index (χ3v) is 5.88. The molecule has 1 amide bonds. The first-order chi connectivity index (χ1) is 12.7. The van der Waals surface area contributed by atoms with Crippen LogP contribution in [0.25, 0.3) is 0 Å². The number of nitrogens with zero attached hydrogens (tertiary/aromatic N) is 3. The molecule has 0 bridgehead atoms. The Morgan fingerprint density at radius 2 is 2.12 bits per heavy atom. The summed E-state index contributed by atoms with van der Waals surface area (Å²) in [4.78, 5) is 19.5. The summed E-state index contributed by atoms with van der Waals surface area (Å²) >= 11 is 0. The summed E-state index contributed by atoms with van der Waals surface area (Å²) in [6.07, 6.45) is 6.40. The number of carbonyl (C=O) groups is 1. The zero-order valence-electron chi connectivity index (χ0n) is 14.9. The molecule has 132 valence electrons. The van der Waals surface area contributed by atoms with E-state index in [-0.39, 0.29) is 17.2 Å². The van der Waals surface area contributed by atoms with Crippen molar-refractivity contribution in [3.8, 4) is 6.07 Å². The summed E-state index contributed by atoms with van der Waals surface area (Å²) in [6.45, 7) is 0.954. The van der Waals surface area contributed by atoms with Crippen LogP contribution in [0.2, 0.25) is 0 Å². The maximum Gasteiger partial charge on any atom is 0.227 e. The fourth-order valence-electron chi connectivity index (χ4n) is 4.52. The molecule has 2 unspecified atom stereocenters. The Labute approximate surface area is 154 Å². The van der Waals surface area contributed by atoms with Crippen LogP contribution in [-0.2, 0) is 23.2 Å². The van der Waals surface area contributed by atoms with Gasteiger partial charge in [-0.05, 0) is 48.9 Å². The monoisotopic (exact) mass is 345 g/mol. The summed E-state index contributed by atoms with van der Waals surface area (Å²) in [5, 5.41) is 8.99. The van der Waals surface area contributed by atoms with Gasteiger partial charge in [0.25, 0.3) is 0 Å². The molecule has 1 aromatic heterocycles. The number of hydrogen-bond donors (Lipinski definition) is 0. The van der Waals surface area contributed by atoms with E-state index in [1.54, 1.807) is 6.20 Å². The molecule has 4 heteroatoms. The van der Waals surface area contributed by atoms with E-state index in [1.807, 2.05) is 23.1 Å². The lowest BCUT2D eigenvalue weighted by molar-refractivity contribution is -0.133. The van der Waals surface area contributed by atoms with Crippen molar-refractivity contribution in [2.75, 3.05) is 6.54 Å². The lowest BCUT2D eigenvalue weighted by atomic mass is 9.78.